The average Bonchev–Trinajstić information content (AvgIpc) is 2.83. The van der Waals surface area contributed by atoms with Gasteiger partial charge in [0, 0.05) is 12.6 Å². The highest BCUT2D eigenvalue weighted by Crippen LogP contribution is 2.26. The lowest BCUT2D eigenvalue weighted by molar-refractivity contribution is -0.142. The molecule has 2 fully saturated rings. The first-order valence-corrected chi connectivity index (χ1v) is 7.74. The standard InChI is InChI=1S/C15H26N2O4/c1-15(2,3)21-14(20)17-10-11(9-12(17)13(18)19)16-7-5-4-6-8-16/h11-12H,4-10H2,1-3H3,(H,18,19). The highest BCUT2D eigenvalue weighted by Gasteiger charge is 2.43. The van der Waals surface area contributed by atoms with Crippen molar-refractivity contribution in [3.05, 3.63) is 0 Å². The summed E-state index contributed by atoms with van der Waals surface area (Å²) in [6.45, 7) is 7.82. The van der Waals surface area contributed by atoms with Gasteiger partial charge in [-0.1, -0.05) is 6.42 Å². The number of carboxylic acids is 1. The first-order chi connectivity index (χ1) is 9.78. The van der Waals surface area contributed by atoms with Crippen molar-refractivity contribution in [1.82, 2.24) is 9.80 Å². The first-order valence-electron chi connectivity index (χ1n) is 7.74. The topological polar surface area (TPSA) is 70.1 Å². The summed E-state index contributed by atoms with van der Waals surface area (Å²) in [7, 11) is 0. The van der Waals surface area contributed by atoms with Crippen LogP contribution in [0.1, 0.15) is 46.5 Å². The zero-order valence-corrected chi connectivity index (χ0v) is 13.2. The number of carboxylic acid groups (broad SMARTS) is 1. The Hall–Kier alpha value is -1.30. The third kappa shape index (κ3) is 4.09. The van der Waals surface area contributed by atoms with E-state index in [2.05, 4.69) is 4.90 Å². The summed E-state index contributed by atoms with van der Waals surface area (Å²) in [5.74, 6) is -0.944. The maximum Gasteiger partial charge on any atom is 0.411 e. The molecule has 6 heteroatoms. The van der Waals surface area contributed by atoms with E-state index >= 15 is 0 Å². The molecule has 2 saturated heterocycles. The van der Waals surface area contributed by atoms with Crippen LogP contribution in [0.25, 0.3) is 0 Å². The van der Waals surface area contributed by atoms with Gasteiger partial charge in [0.2, 0.25) is 0 Å². The Bertz CT molecular complexity index is 399. The van der Waals surface area contributed by atoms with Crippen LogP contribution in [0.3, 0.4) is 0 Å². The minimum atomic E-state index is -0.944. The van der Waals surface area contributed by atoms with Crippen LogP contribution in [0.4, 0.5) is 4.79 Å². The molecule has 21 heavy (non-hydrogen) atoms. The van der Waals surface area contributed by atoms with Crippen LogP contribution in [0.5, 0.6) is 0 Å². The number of rotatable bonds is 2. The molecule has 2 aliphatic heterocycles. The predicted molar refractivity (Wildman–Crippen MR) is 78.2 cm³/mol. The Morgan fingerprint density at radius 3 is 2.29 bits per heavy atom. The summed E-state index contributed by atoms with van der Waals surface area (Å²) in [5, 5.41) is 9.38. The van der Waals surface area contributed by atoms with E-state index in [0.717, 1.165) is 25.9 Å². The van der Waals surface area contributed by atoms with Gasteiger partial charge in [-0.15, -0.1) is 0 Å². The second-order valence-electron chi connectivity index (χ2n) is 6.97. The number of aliphatic carboxylic acids is 1. The fourth-order valence-electron chi connectivity index (χ4n) is 3.12. The van der Waals surface area contributed by atoms with Gasteiger partial charge in [-0.2, -0.15) is 0 Å². The second-order valence-corrected chi connectivity index (χ2v) is 6.97. The molecule has 2 atom stereocenters. The van der Waals surface area contributed by atoms with E-state index in [4.69, 9.17) is 4.74 Å². The highest BCUT2D eigenvalue weighted by atomic mass is 16.6. The first kappa shape index (κ1) is 16.1. The van der Waals surface area contributed by atoms with E-state index in [-0.39, 0.29) is 6.04 Å². The van der Waals surface area contributed by atoms with Gasteiger partial charge in [-0.25, -0.2) is 9.59 Å². The number of carbonyl (C=O) groups excluding carboxylic acids is 1. The lowest BCUT2D eigenvalue weighted by atomic mass is 10.1. The Morgan fingerprint density at radius 1 is 1.14 bits per heavy atom. The molecule has 0 aromatic heterocycles. The summed E-state index contributed by atoms with van der Waals surface area (Å²) < 4.78 is 5.34. The van der Waals surface area contributed by atoms with E-state index in [0.29, 0.717) is 13.0 Å². The van der Waals surface area contributed by atoms with Gasteiger partial charge in [-0.05, 0) is 53.1 Å². The molecular weight excluding hydrogens is 272 g/mol. The van der Waals surface area contributed by atoms with Gasteiger partial charge >= 0.3 is 12.1 Å². The van der Waals surface area contributed by atoms with Crippen LogP contribution in [0, 0.1) is 0 Å². The van der Waals surface area contributed by atoms with Crippen LogP contribution in [0.15, 0.2) is 0 Å². The van der Waals surface area contributed by atoms with Crippen molar-refractivity contribution in [1.29, 1.82) is 0 Å². The van der Waals surface area contributed by atoms with Crippen molar-refractivity contribution in [2.45, 2.75) is 64.1 Å². The summed E-state index contributed by atoms with van der Waals surface area (Å²) in [6.07, 6.45) is 3.52. The van der Waals surface area contributed by atoms with Gasteiger partial charge in [0.15, 0.2) is 0 Å². The van der Waals surface area contributed by atoms with E-state index in [9.17, 15) is 14.7 Å². The Labute approximate surface area is 126 Å². The fourth-order valence-corrected chi connectivity index (χ4v) is 3.12. The molecule has 2 aliphatic rings. The molecule has 1 amide bonds. The van der Waals surface area contributed by atoms with Gasteiger partial charge in [0.25, 0.3) is 0 Å². The van der Waals surface area contributed by atoms with Crippen LogP contribution < -0.4 is 0 Å². The molecule has 0 radical (unpaired) electrons. The Kier molecular flexibility index (Phi) is 4.76. The number of carbonyl (C=O) groups is 2. The maximum absolute atomic E-state index is 12.2. The van der Waals surface area contributed by atoms with Crippen molar-refractivity contribution >= 4 is 12.1 Å². The predicted octanol–water partition coefficient (Wildman–Crippen LogP) is 1.93. The lowest BCUT2D eigenvalue weighted by Crippen LogP contribution is -2.44. The van der Waals surface area contributed by atoms with Crippen LogP contribution in [0.2, 0.25) is 0 Å². The van der Waals surface area contributed by atoms with Crippen LogP contribution in [-0.2, 0) is 9.53 Å². The smallest absolute Gasteiger partial charge is 0.411 e. The molecule has 2 unspecified atom stereocenters. The molecule has 0 aliphatic carbocycles. The van der Waals surface area contributed by atoms with Crippen molar-refractivity contribution in [3.8, 4) is 0 Å². The molecule has 2 rings (SSSR count). The molecule has 6 nitrogen and oxygen atoms in total. The molecular formula is C15H26N2O4. The fraction of sp³-hybridized carbons (Fsp3) is 0.867. The van der Waals surface area contributed by atoms with Gasteiger partial charge < -0.3 is 9.84 Å². The molecule has 120 valence electrons. The van der Waals surface area contributed by atoms with E-state index in [1.807, 2.05) is 0 Å². The monoisotopic (exact) mass is 298 g/mol. The zero-order chi connectivity index (χ0) is 15.6. The van der Waals surface area contributed by atoms with Gasteiger partial charge in [-0.3, -0.25) is 9.80 Å². The Morgan fingerprint density at radius 2 is 1.76 bits per heavy atom. The highest BCUT2D eigenvalue weighted by molar-refractivity contribution is 5.81. The number of ether oxygens (including phenoxy) is 1. The molecule has 0 saturated carbocycles. The minimum Gasteiger partial charge on any atom is -0.480 e. The zero-order valence-electron chi connectivity index (χ0n) is 13.2. The van der Waals surface area contributed by atoms with Crippen molar-refractivity contribution in [2.24, 2.45) is 0 Å². The van der Waals surface area contributed by atoms with Crippen LogP contribution >= 0.6 is 0 Å². The molecule has 2 heterocycles. The van der Waals surface area contributed by atoms with Crippen molar-refractivity contribution in [3.63, 3.8) is 0 Å². The minimum absolute atomic E-state index is 0.138. The lowest BCUT2D eigenvalue weighted by Gasteiger charge is -2.32. The van der Waals surface area contributed by atoms with E-state index < -0.39 is 23.7 Å². The quantitative estimate of drug-likeness (QED) is 0.843. The number of amides is 1. The molecule has 0 bridgehead atoms. The number of piperidine rings is 1. The summed E-state index contributed by atoms with van der Waals surface area (Å²) >= 11 is 0. The van der Waals surface area contributed by atoms with Crippen LogP contribution in [-0.4, -0.2) is 64.3 Å². The van der Waals surface area contributed by atoms with Gasteiger partial charge in [0.1, 0.15) is 11.6 Å². The largest absolute Gasteiger partial charge is 0.480 e. The molecule has 0 aromatic rings. The molecule has 0 aromatic carbocycles. The summed E-state index contributed by atoms with van der Waals surface area (Å²) in [5.41, 5.74) is -0.608. The summed E-state index contributed by atoms with van der Waals surface area (Å²) in [4.78, 5) is 27.4. The van der Waals surface area contributed by atoms with Crippen molar-refractivity contribution < 1.29 is 19.4 Å². The van der Waals surface area contributed by atoms with E-state index in [1.165, 1.54) is 11.3 Å². The number of likely N-dealkylation sites (tertiary alicyclic amines) is 2. The summed E-state index contributed by atoms with van der Waals surface area (Å²) in [6, 6.07) is -0.634. The SMILES string of the molecule is CC(C)(C)OC(=O)N1CC(N2CCCCC2)CC1C(=O)O. The third-order valence-electron chi connectivity index (χ3n) is 4.10. The van der Waals surface area contributed by atoms with Gasteiger partial charge in [0.05, 0.1) is 0 Å². The normalized spacial score (nSPS) is 27.7. The average molecular weight is 298 g/mol. The number of hydrogen-bond donors (Lipinski definition) is 1. The Balaban J connectivity index is 2.04. The van der Waals surface area contributed by atoms with Crippen molar-refractivity contribution in [2.75, 3.05) is 19.6 Å². The number of hydrogen-bond acceptors (Lipinski definition) is 4. The molecule has 0 spiro atoms. The molecule has 1 N–H and O–H groups in total. The van der Waals surface area contributed by atoms with E-state index in [1.54, 1.807) is 20.8 Å². The second kappa shape index (κ2) is 6.22. The number of nitrogens with zero attached hydrogens (tertiary/aromatic N) is 2. The third-order valence-corrected chi connectivity index (χ3v) is 4.10. The maximum atomic E-state index is 12.2.